The number of rotatable bonds is 5. The minimum atomic E-state index is 0.0211. The minimum absolute atomic E-state index is 0.0211. The van der Waals surface area contributed by atoms with E-state index in [0.29, 0.717) is 0 Å². The summed E-state index contributed by atoms with van der Waals surface area (Å²) in [7, 11) is 0. The number of aliphatic hydroxyl groups is 1. The van der Waals surface area contributed by atoms with Crippen LogP contribution in [0.4, 0.5) is 0 Å². The third-order valence-electron chi connectivity index (χ3n) is 1.56. The van der Waals surface area contributed by atoms with Crippen molar-refractivity contribution in [2.75, 3.05) is 6.61 Å². The lowest BCUT2D eigenvalue weighted by Gasteiger charge is -2.15. The Balaban J connectivity index is 3.97. The molecule has 1 atom stereocenters. The zero-order chi connectivity index (χ0) is 9.56. The van der Waals surface area contributed by atoms with E-state index in [2.05, 4.69) is 5.32 Å². The topological polar surface area (TPSA) is 49.3 Å². The van der Waals surface area contributed by atoms with Gasteiger partial charge in [-0.15, -0.1) is 0 Å². The van der Waals surface area contributed by atoms with Gasteiger partial charge in [-0.25, -0.2) is 0 Å². The highest BCUT2D eigenvalue weighted by atomic mass is 16.3. The molecule has 0 radical (unpaired) electrons. The van der Waals surface area contributed by atoms with Gasteiger partial charge in [-0.05, 0) is 26.3 Å². The Morgan fingerprint density at radius 2 is 2.17 bits per heavy atom. The number of hydrogen-bond acceptors (Lipinski definition) is 3. The first-order chi connectivity index (χ1) is 5.60. The van der Waals surface area contributed by atoms with E-state index < -0.39 is 0 Å². The molecule has 0 aliphatic rings. The van der Waals surface area contributed by atoms with Gasteiger partial charge in [0, 0.05) is 11.7 Å². The van der Waals surface area contributed by atoms with Gasteiger partial charge in [0.2, 0.25) is 0 Å². The highest BCUT2D eigenvalue weighted by Gasteiger charge is 2.02. The smallest absolute Gasteiger partial charge is 0.154 e. The third-order valence-corrected chi connectivity index (χ3v) is 1.56. The van der Waals surface area contributed by atoms with Gasteiger partial charge in [0.15, 0.2) is 5.78 Å². The Morgan fingerprint density at radius 1 is 1.58 bits per heavy atom. The van der Waals surface area contributed by atoms with E-state index in [1.165, 1.54) is 13.0 Å². The number of allylic oxidation sites excluding steroid dienone is 2. The molecule has 0 rings (SSSR count). The van der Waals surface area contributed by atoms with Crippen molar-refractivity contribution in [3.63, 3.8) is 0 Å². The van der Waals surface area contributed by atoms with Crippen LogP contribution < -0.4 is 5.32 Å². The fourth-order valence-electron chi connectivity index (χ4n) is 0.945. The molecular weight excluding hydrogens is 154 g/mol. The van der Waals surface area contributed by atoms with Gasteiger partial charge in [-0.3, -0.25) is 4.79 Å². The normalized spacial score (nSPS) is 14.2. The summed E-state index contributed by atoms with van der Waals surface area (Å²) in [5.41, 5.74) is 0.809. The number of nitrogens with one attached hydrogen (secondary N) is 1. The molecule has 3 heteroatoms. The van der Waals surface area contributed by atoms with Crippen molar-refractivity contribution >= 4 is 5.78 Å². The molecule has 0 aliphatic carbocycles. The average molecular weight is 171 g/mol. The van der Waals surface area contributed by atoms with E-state index in [1.807, 2.05) is 13.8 Å². The molecule has 0 fully saturated rings. The summed E-state index contributed by atoms with van der Waals surface area (Å²) in [4.78, 5) is 10.6. The lowest BCUT2D eigenvalue weighted by molar-refractivity contribution is -0.112. The Hall–Kier alpha value is -0.830. The lowest BCUT2D eigenvalue weighted by Crippen LogP contribution is -2.30. The maximum Gasteiger partial charge on any atom is 0.154 e. The van der Waals surface area contributed by atoms with E-state index >= 15 is 0 Å². The molecule has 70 valence electrons. The van der Waals surface area contributed by atoms with Crippen LogP contribution in [0.5, 0.6) is 0 Å². The molecule has 3 nitrogen and oxygen atoms in total. The van der Waals surface area contributed by atoms with Gasteiger partial charge in [0.05, 0.1) is 6.61 Å². The van der Waals surface area contributed by atoms with Crippen molar-refractivity contribution in [3.05, 3.63) is 11.8 Å². The molecule has 0 aromatic carbocycles. The standard InChI is InChI=1S/C9H17NO2/c1-4-9(6-11)10-7(2)5-8(3)12/h5,9-11H,4,6H2,1-3H3. The van der Waals surface area contributed by atoms with Crippen LogP contribution in [0, 0.1) is 0 Å². The highest BCUT2D eigenvalue weighted by molar-refractivity contribution is 5.87. The summed E-state index contributed by atoms with van der Waals surface area (Å²) < 4.78 is 0. The van der Waals surface area contributed by atoms with E-state index in [9.17, 15) is 4.79 Å². The number of ketones is 1. The van der Waals surface area contributed by atoms with Crippen LogP contribution in [0.15, 0.2) is 11.8 Å². The van der Waals surface area contributed by atoms with E-state index in [0.717, 1.165) is 12.1 Å². The number of carbonyl (C=O) groups is 1. The van der Waals surface area contributed by atoms with Gasteiger partial charge < -0.3 is 10.4 Å². The SMILES string of the molecule is CCC(CO)NC(C)=CC(C)=O. The van der Waals surface area contributed by atoms with Gasteiger partial charge in [-0.2, -0.15) is 0 Å². The van der Waals surface area contributed by atoms with Crippen molar-refractivity contribution in [1.29, 1.82) is 0 Å². The van der Waals surface area contributed by atoms with Crippen molar-refractivity contribution in [2.45, 2.75) is 33.2 Å². The van der Waals surface area contributed by atoms with Crippen molar-refractivity contribution < 1.29 is 9.90 Å². The summed E-state index contributed by atoms with van der Waals surface area (Å²) in [6, 6.07) is 0.0561. The largest absolute Gasteiger partial charge is 0.394 e. The zero-order valence-electron chi connectivity index (χ0n) is 7.92. The van der Waals surface area contributed by atoms with Crippen molar-refractivity contribution in [1.82, 2.24) is 5.32 Å². The number of carbonyl (C=O) groups excluding carboxylic acids is 1. The molecule has 0 heterocycles. The average Bonchev–Trinajstić information content (AvgIpc) is 1.98. The molecular formula is C9H17NO2. The molecule has 0 saturated carbocycles. The van der Waals surface area contributed by atoms with Gasteiger partial charge in [0.1, 0.15) is 0 Å². The van der Waals surface area contributed by atoms with Gasteiger partial charge in [-0.1, -0.05) is 6.92 Å². The quantitative estimate of drug-likeness (QED) is 0.603. The first kappa shape index (κ1) is 11.2. The molecule has 0 bridgehead atoms. The molecule has 0 amide bonds. The van der Waals surface area contributed by atoms with Crippen molar-refractivity contribution in [2.24, 2.45) is 0 Å². The number of hydrogen-bond donors (Lipinski definition) is 2. The lowest BCUT2D eigenvalue weighted by atomic mass is 10.2. The Bertz CT molecular complexity index is 171. The summed E-state index contributed by atoms with van der Waals surface area (Å²) in [6.45, 7) is 5.40. The number of aliphatic hydroxyl groups excluding tert-OH is 1. The van der Waals surface area contributed by atoms with E-state index in [-0.39, 0.29) is 18.4 Å². The molecule has 1 unspecified atom stereocenters. The molecule has 12 heavy (non-hydrogen) atoms. The maximum atomic E-state index is 10.6. The first-order valence-corrected chi connectivity index (χ1v) is 4.16. The highest BCUT2D eigenvalue weighted by Crippen LogP contribution is 1.95. The summed E-state index contributed by atoms with van der Waals surface area (Å²) >= 11 is 0. The van der Waals surface area contributed by atoms with Crippen LogP contribution in [-0.2, 0) is 4.79 Å². The molecule has 2 N–H and O–H groups in total. The summed E-state index contributed by atoms with van der Waals surface area (Å²) in [5.74, 6) is 0.0211. The predicted octanol–water partition coefficient (Wildman–Crippen LogP) is 0.840. The Morgan fingerprint density at radius 3 is 2.50 bits per heavy atom. The van der Waals surface area contributed by atoms with Crippen LogP contribution in [0.3, 0.4) is 0 Å². The van der Waals surface area contributed by atoms with E-state index in [1.54, 1.807) is 0 Å². The van der Waals surface area contributed by atoms with Crippen LogP contribution in [0.1, 0.15) is 27.2 Å². The third kappa shape index (κ3) is 4.91. The molecule has 0 aliphatic heterocycles. The molecule has 0 aromatic heterocycles. The van der Waals surface area contributed by atoms with Crippen LogP contribution in [-0.4, -0.2) is 23.5 Å². The second kappa shape index (κ2) is 5.77. The monoisotopic (exact) mass is 171 g/mol. The van der Waals surface area contributed by atoms with Gasteiger partial charge >= 0.3 is 0 Å². The summed E-state index contributed by atoms with van der Waals surface area (Å²) in [6.07, 6.45) is 2.37. The second-order valence-corrected chi connectivity index (χ2v) is 2.87. The van der Waals surface area contributed by atoms with Crippen LogP contribution in [0.2, 0.25) is 0 Å². The first-order valence-electron chi connectivity index (χ1n) is 4.16. The van der Waals surface area contributed by atoms with Crippen LogP contribution >= 0.6 is 0 Å². The molecule has 0 saturated heterocycles. The zero-order valence-corrected chi connectivity index (χ0v) is 7.92. The predicted molar refractivity (Wildman–Crippen MR) is 48.7 cm³/mol. The maximum absolute atomic E-state index is 10.6. The summed E-state index contributed by atoms with van der Waals surface area (Å²) in [5, 5.41) is 11.9. The molecule has 0 aromatic rings. The van der Waals surface area contributed by atoms with Crippen molar-refractivity contribution in [3.8, 4) is 0 Å². The molecule has 0 spiro atoms. The fraction of sp³-hybridized carbons (Fsp3) is 0.667. The minimum Gasteiger partial charge on any atom is -0.394 e. The Kier molecular flexibility index (Phi) is 5.37. The van der Waals surface area contributed by atoms with Crippen LogP contribution in [0.25, 0.3) is 0 Å². The second-order valence-electron chi connectivity index (χ2n) is 2.87. The fourth-order valence-corrected chi connectivity index (χ4v) is 0.945. The Labute approximate surface area is 73.5 Å². The van der Waals surface area contributed by atoms with Gasteiger partial charge in [0.25, 0.3) is 0 Å². The van der Waals surface area contributed by atoms with E-state index in [4.69, 9.17) is 5.11 Å².